The molecule has 1 aromatic rings. The maximum atomic E-state index is 12.0. The number of carbonyl (C=O) groups is 1. The summed E-state index contributed by atoms with van der Waals surface area (Å²) in [6.45, 7) is 5.93. The predicted octanol–water partition coefficient (Wildman–Crippen LogP) is 3.41. The minimum atomic E-state index is -0.475. The van der Waals surface area contributed by atoms with E-state index in [1.165, 1.54) is 0 Å². The zero-order chi connectivity index (χ0) is 13.5. The maximum absolute atomic E-state index is 12.0. The maximum Gasteiger partial charge on any atom is 0.261 e. The van der Waals surface area contributed by atoms with Gasteiger partial charge >= 0.3 is 0 Å². The second-order valence-corrected chi connectivity index (χ2v) is 4.73. The fourth-order valence-corrected chi connectivity index (χ4v) is 1.64. The number of ether oxygens (including phenoxy) is 1. The molecule has 0 aromatic heterocycles. The van der Waals surface area contributed by atoms with Crippen molar-refractivity contribution in [2.75, 3.05) is 0 Å². The van der Waals surface area contributed by atoms with E-state index in [0.29, 0.717) is 17.2 Å². The van der Waals surface area contributed by atoms with Crippen molar-refractivity contribution in [2.24, 2.45) is 0 Å². The molecule has 0 fully saturated rings. The largest absolute Gasteiger partial charge is 0.481 e. The topological polar surface area (TPSA) is 38.3 Å². The van der Waals surface area contributed by atoms with Crippen LogP contribution in [0.5, 0.6) is 5.75 Å². The highest BCUT2D eigenvalue weighted by Gasteiger charge is 2.19. The van der Waals surface area contributed by atoms with Crippen molar-refractivity contribution in [1.82, 2.24) is 5.32 Å². The van der Waals surface area contributed by atoms with Gasteiger partial charge in [0.05, 0.1) is 0 Å². The Morgan fingerprint density at radius 3 is 2.67 bits per heavy atom. The summed E-state index contributed by atoms with van der Waals surface area (Å²) in [4.78, 5) is 12.0. The molecule has 4 heteroatoms. The van der Waals surface area contributed by atoms with E-state index in [2.05, 4.69) is 5.32 Å². The molecule has 0 aliphatic rings. The molecule has 3 nitrogen and oxygen atoms in total. The molecule has 0 aliphatic carbocycles. The standard InChI is InChI=1S/C14H20ClNO2/c1-4-10(3)16-14(17)13(5-2)18-12-8-6-7-11(15)9-12/h6-10,13H,4-5H2,1-3H3,(H,16,17)/t10-,13+/m0/s1. The average Bonchev–Trinajstić information content (AvgIpc) is 2.35. The molecular weight excluding hydrogens is 250 g/mol. The summed E-state index contributed by atoms with van der Waals surface area (Å²) < 4.78 is 5.66. The van der Waals surface area contributed by atoms with Crippen LogP contribution in [0.4, 0.5) is 0 Å². The number of halogens is 1. The van der Waals surface area contributed by atoms with Crippen LogP contribution in [0.3, 0.4) is 0 Å². The number of hydrogen-bond acceptors (Lipinski definition) is 2. The van der Waals surface area contributed by atoms with Crippen LogP contribution in [0, 0.1) is 0 Å². The third-order valence-electron chi connectivity index (χ3n) is 2.74. The first-order valence-corrected chi connectivity index (χ1v) is 6.67. The van der Waals surface area contributed by atoms with E-state index in [1.807, 2.05) is 20.8 Å². The van der Waals surface area contributed by atoms with Gasteiger partial charge < -0.3 is 10.1 Å². The van der Waals surface area contributed by atoms with Gasteiger partial charge in [0.2, 0.25) is 0 Å². The van der Waals surface area contributed by atoms with Crippen molar-refractivity contribution in [2.45, 2.75) is 45.8 Å². The van der Waals surface area contributed by atoms with Gasteiger partial charge in [-0.05, 0) is 38.0 Å². The number of hydrogen-bond donors (Lipinski definition) is 1. The fourth-order valence-electron chi connectivity index (χ4n) is 1.46. The van der Waals surface area contributed by atoms with Crippen LogP contribution in [-0.2, 0) is 4.79 Å². The van der Waals surface area contributed by atoms with Crippen LogP contribution in [0.25, 0.3) is 0 Å². The highest BCUT2D eigenvalue weighted by atomic mass is 35.5. The van der Waals surface area contributed by atoms with E-state index in [1.54, 1.807) is 24.3 Å². The van der Waals surface area contributed by atoms with E-state index >= 15 is 0 Å². The lowest BCUT2D eigenvalue weighted by molar-refractivity contribution is -0.128. The Hall–Kier alpha value is -1.22. The Labute approximate surface area is 113 Å². The molecule has 0 bridgehead atoms. The van der Waals surface area contributed by atoms with E-state index < -0.39 is 6.10 Å². The summed E-state index contributed by atoms with van der Waals surface area (Å²) in [5.41, 5.74) is 0. The van der Waals surface area contributed by atoms with Crippen molar-refractivity contribution in [3.05, 3.63) is 29.3 Å². The van der Waals surface area contributed by atoms with Crippen molar-refractivity contribution < 1.29 is 9.53 Å². The molecule has 1 N–H and O–H groups in total. The zero-order valence-corrected chi connectivity index (χ0v) is 11.8. The first kappa shape index (κ1) is 14.8. The number of benzene rings is 1. The van der Waals surface area contributed by atoms with E-state index in [4.69, 9.17) is 16.3 Å². The molecule has 18 heavy (non-hydrogen) atoms. The Morgan fingerprint density at radius 2 is 2.11 bits per heavy atom. The number of amides is 1. The second-order valence-electron chi connectivity index (χ2n) is 4.29. The molecule has 1 amide bonds. The Kier molecular flexibility index (Phi) is 5.99. The van der Waals surface area contributed by atoms with Gasteiger partial charge in [-0.2, -0.15) is 0 Å². The van der Waals surface area contributed by atoms with Crippen molar-refractivity contribution in [1.29, 1.82) is 0 Å². The van der Waals surface area contributed by atoms with E-state index in [9.17, 15) is 4.79 Å². The molecule has 0 aliphatic heterocycles. The summed E-state index contributed by atoms with van der Waals surface area (Å²) >= 11 is 5.88. The monoisotopic (exact) mass is 269 g/mol. The molecule has 0 saturated heterocycles. The zero-order valence-electron chi connectivity index (χ0n) is 11.1. The second kappa shape index (κ2) is 7.27. The Bertz CT molecular complexity index is 395. The van der Waals surface area contributed by atoms with Gasteiger partial charge in [0, 0.05) is 11.1 Å². The van der Waals surface area contributed by atoms with E-state index in [-0.39, 0.29) is 11.9 Å². The molecule has 100 valence electrons. The summed E-state index contributed by atoms with van der Waals surface area (Å²) in [5.74, 6) is 0.542. The predicted molar refractivity (Wildman–Crippen MR) is 74.1 cm³/mol. The summed E-state index contributed by atoms with van der Waals surface area (Å²) in [6, 6.07) is 7.24. The van der Waals surface area contributed by atoms with Crippen molar-refractivity contribution in [3.63, 3.8) is 0 Å². The molecule has 0 heterocycles. The molecule has 0 unspecified atom stereocenters. The third kappa shape index (κ3) is 4.57. The van der Waals surface area contributed by atoms with Gasteiger partial charge in [0.25, 0.3) is 5.91 Å². The van der Waals surface area contributed by atoms with Crippen molar-refractivity contribution in [3.8, 4) is 5.75 Å². The van der Waals surface area contributed by atoms with Crippen LogP contribution < -0.4 is 10.1 Å². The van der Waals surface area contributed by atoms with E-state index in [0.717, 1.165) is 6.42 Å². The first-order valence-electron chi connectivity index (χ1n) is 6.29. The highest BCUT2D eigenvalue weighted by molar-refractivity contribution is 6.30. The molecule has 0 radical (unpaired) electrons. The lowest BCUT2D eigenvalue weighted by Gasteiger charge is -2.19. The number of carbonyl (C=O) groups excluding carboxylic acids is 1. The van der Waals surface area contributed by atoms with Gasteiger partial charge in [0.15, 0.2) is 6.10 Å². The van der Waals surface area contributed by atoms with Gasteiger partial charge in [-0.3, -0.25) is 4.79 Å². The van der Waals surface area contributed by atoms with Crippen LogP contribution >= 0.6 is 11.6 Å². The average molecular weight is 270 g/mol. The normalized spacial score (nSPS) is 13.8. The lowest BCUT2D eigenvalue weighted by Crippen LogP contribution is -2.42. The molecule has 2 atom stereocenters. The molecule has 0 spiro atoms. The quantitative estimate of drug-likeness (QED) is 0.859. The lowest BCUT2D eigenvalue weighted by atomic mass is 10.2. The van der Waals surface area contributed by atoms with Crippen LogP contribution in [0.1, 0.15) is 33.6 Å². The Balaban J connectivity index is 2.64. The third-order valence-corrected chi connectivity index (χ3v) is 2.97. The molecule has 1 aromatic carbocycles. The van der Waals surface area contributed by atoms with Crippen molar-refractivity contribution >= 4 is 17.5 Å². The summed E-state index contributed by atoms with van der Waals surface area (Å²) in [6.07, 6.45) is 1.05. The highest BCUT2D eigenvalue weighted by Crippen LogP contribution is 2.19. The van der Waals surface area contributed by atoms with Gasteiger partial charge in [-0.1, -0.05) is 31.5 Å². The number of rotatable bonds is 6. The summed E-state index contributed by atoms with van der Waals surface area (Å²) in [5, 5.41) is 3.52. The first-order chi connectivity index (χ1) is 8.56. The fraction of sp³-hybridized carbons (Fsp3) is 0.500. The SMILES string of the molecule is CC[C@H](C)NC(=O)[C@@H](CC)Oc1cccc(Cl)c1. The number of nitrogens with one attached hydrogen (secondary N) is 1. The smallest absolute Gasteiger partial charge is 0.261 e. The van der Waals surface area contributed by atoms with Gasteiger partial charge in [-0.15, -0.1) is 0 Å². The van der Waals surface area contributed by atoms with Gasteiger partial charge in [-0.25, -0.2) is 0 Å². The van der Waals surface area contributed by atoms with Crippen LogP contribution in [-0.4, -0.2) is 18.1 Å². The Morgan fingerprint density at radius 1 is 1.39 bits per heavy atom. The summed E-state index contributed by atoms with van der Waals surface area (Å²) in [7, 11) is 0. The molecule has 0 saturated carbocycles. The minimum absolute atomic E-state index is 0.0770. The van der Waals surface area contributed by atoms with Gasteiger partial charge in [0.1, 0.15) is 5.75 Å². The van der Waals surface area contributed by atoms with Crippen LogP contribution in [0.15, 0.2) is 24.3 Å². The minimum Gasteiger partial charge on any atom is -0.481 e. The molecular formula is C14H20ClNO2. The molecule has 1 rings (SSSR count). The van der Waals surface area contributed by atoms with Crippen LogP contribution in [0.2, 0.25) is 5.02 Å².